The molecule has 134 valence electrons. The van der Waals surface area contributed by atoms with Crippen molar-refractivity contribution in [1.29, 1.82) is 0 Å². The van der Waals surface area contributed by atoms with Gasteiger partial charge in [0.2, 0.25) is 0 Å². The quantitative estimate of drug-likeness (QED) is 0.858. The lowest BCUT2D eigenvalue weighted by Gasteiger charge is -2.17. The van der Waals surface area contributed by atoms with Crippen LogP contribution in [-0.2, 0) is 16.0 Å². The van der Waals surface area contributed by atoms with E-state index in [0.29, 0.717) is 23.8 Å². The van der Waals surface area contributed by atoms with Crippen LogP contribution in [0.15, 0.2) is 12.1 Å². The molecule has 0 spiro atoms. The van der Waals surface area contributed by atoms with Crippen molar-refractivity contribution in [2.24, 2.45) is 0 Å². The number of fused-ring (bicyclic) bond motifs is 1. The summed E-state index contributed by atoms with van der Waals surface area (Å²) < 4.78 is 52.2. The Bertz CT molecular complexity index is 604. The van der Waals surface area contributed by atoms with Gasteiger partial charge in [0.1, 0.15) is 30.3 Å². The van der Waals surface area contributed by atoms with Crippen LogP contribution < -0.4 is 14.8 Å². The van der Waals surface area contributed by atoms with Crippen molar-refractivity contribution in [3.05, 3.63) is 17.7 Å². The molecule has 2 atom stereocenters. The van der Waals surface area contributed by atoms with Crippen molar-refractivity contribution < 1.29 is 32.2 Å². The van der Waals surface area contributed by atoms with Crippen LogP contribution in [0.5, 0.6) is 11.5 Å². The van der Waals surface area contributed by atoms with Crippen LogP contribution >= 0.6 is 0 Å². The number of rotatable bonds is 6. The van der Waals surface area contributed by atoms with Gasteiger partial charge in [-0.25, -0.2) is 0 Å². The Morgan fingerprint density at radius 2 is 2.17 bits per heavy atom. The summed E-state index contributed by atoms with van der Waals surface area (Å²) in [6.07, 6.45) is -4.99. The number of alkyl halides is 3. The summed E-state index contributed by atoms with van der Waals surface area (Å²) in [7, 11) is 0. The number of anilines is 1. The van der Waals surface area contributed by atoms with Crippen LogP contribution in [0, 0.1) is 0 Å². The van der Waals surface area contributed by atoms with Crippen molar-refractivity contribution in [2.45, 2.75) is 45.6 Å². The summed E-state index contributed by atoms with van der Waals surface area (Å²) in [6.45, 7) is 3.88. The van der Waals surface area contributed by atoms with Gasteiger partial charge in [-0.1, -0.05) is 0 Å². The summed E-state index contributed by atoms with van der Waals surface area (Å²) in [6, 6.07) is 3.40. The summed E-state index contributed by atoms with van der Waals surface area (Å²) in [5, 5.41) is 2.54. The van der Waals surface area contributed by atoms with Crippen LogP contribution in [-0.4, -0.2) is 37.5 Å². The van der Waals surface area contributed by atoms with Gasteiger partial charge in [-0.2, -0.15) is 13.2 Å². The van der Waals surface area contributed by atoms with Gasteiger partial charge in [-0.05, 0) is 26.8 Å². The van der Waals surface area contributed by atoms with E-state index in [1.54, 1.807) is 19.1 Å². The van der Waals surface area contributed by atoms with Crippen molar-refractivity contribution in [2.75, 3.05) is 18.5 Å². The van der Waals surface area contributed by atoms with Gasteiger partial charge in [0.15, 0.2) is 0 Å². The Morgan fingerprint density at radius 3 is 2.79 bits per heavy atom. The number of benzene rings is 1. The molecule has 0 unspecified atom stereocenters. The maximum atomic E-state index is 12.2. The Morgan fingerprint density at radius 1 is 1.46 bits per heavy atom. The van der Waals surface area contributed by atoms with Gasteiger partial charge in [0, 0.05) is 18.1 Å². The molecule has 1 amide bonds. The van der Waals surface area contributed by atoms with Gasteiger partial charge in [-0.15, -0.1) is 0 Å². The predicted molar refractivity (Wildman–Crippen MR) is 81.5 cm³/mol. The number of carbonyl (C=O) groups is 1. The van der Waals surface area contributed by atoms with Crippen molar-refractivity contribution in [3.8, 4) is 11.5 Å². The molecular formula is C16H20F3NO4. The summed E-state index contributed by atoms with van der Waals surface area (Å²) in [4.78, 5) is 12.1. The molecule has 0 fully saturated rings. The number of hydrogen-bond acceptors (Lipinski definition) is 4. The Labute approximate surface area is 138 Å². The number of nitrogens with one attached hydrogen (secondary N) is 1. The third kappa shape index (κ3) is 4.77. The van der Waals surface area contributed by atoms with E-state index in [0.717, 1.165) is 12.0 Å². The molecule has 1 N–H and O–H groups in total. The number of amides is 1. The minimum atomic E-state index is -4.48. The number of halogens is 3. The fourth-order valence-corrected chi connectivity index (χ4v) is 2.34. The van der Waals surface area contributed by atoms with Gasteiger partial charge in [0.05, 0.1) is 12.3 Å². The van der Waals surface area contributed by atoms with Crippen molar-refractivity contribution >= 4 is 11.6 Å². The normalized spacial score (nSPS) is 17.8. The van der Waals surface area contributed by atoms with Gasteiger partial charge in [-0.3, -0.25) is 4.79 Å². The molecule has 1 aromatic rings. The molecule has 1 heterocycles. The number of carbonyl (C=O) groups excluding carboxylic acids is 1. The van der Waals surface area contributed by atoms with E-state index in [9.17, 15) is 18.0 Å². The number of hydrogen-bond donors (Lipinski definition) is 1. The average Bonchev–Trinajstić information content (AvgIpc) is 2.83. The highest BCUT2D eigenvalue weighted by Gasteiger charge is 2.30. The van der Waals surface area contributed by atoms with Gasteiger partial charge >= 0.3 is 6.18 Å². The minimum absolute atomic E-state index is 0.0227. The second-order valence-corrected chi connectivity index (χ2v) is 5.58. The van der Waals surface area contributed by atoms with E-state index >= 15 is 0 Å². The molecule has 0 saturated heterocycles. The van der Waals surface area contributed by atoms with E-state index in [-0.39, 0.29) is 6.10 Å². The predicted octanol–water partition coefficient (Wildman–Crippen LogP) is 3.31. The van der Waals surface area contributed by atoms with Gasteiger partial charge < -0.3 is 19.5 Å². The summed E-state index contributed by atoms with van der Waals surface area (Å²) >= 11 is 0. The molecule has 5 nitrogen and oxygen atoms in total. The second-order valence-electron chi connectivity index (χ2n) is 5.58. The van der Waals surface area contributed by atoms with Crippen molar-refractivity contribution in [1.82, 2.24) is 0 Å². The fourth-order valence-electron chi connectivity index (χ4n) is 2.34. The van der Waals surface area contributed by atoms with Gasteiger partial charge in [0.25, 0.3) is 5.91 Å². The lowest BCUT2D eigenvalue weighted by Crippen LogP contribution is -2.31. The highest BCUT2D eigenvalue weighted by Crippen LogP contribution is 2.38. The minimum Gasteiger partial charge on any atom is -0.492 e. The van der Waals surface area contributed by atoms with Crippen molar-refractivity contribution in [3.63, 3.8) is 0 Å². The zero-order valence-corrected chi connectivity index (χ0v) is 13.7. The molecule has 1 aliphatic rings. The summed E-state index contributed by atoms with van der Waals surface area (Å²) in [5.74, 6) is 0.390. The highest BCUT2D eigenvalue weighted by atomic mass is 19.4. The Hall–Kier alpha value is -1.96. The topological polar surface area (TPSA) is 56.8 Å². The fraction of sp³-hybridized carbons (Fsp3) is 0.562. The molecule has 2 rings (SSSR count). The van der Waals surface area contributed by atoms with Crippen LogP contribution in [0.2, 0.25) is 0 Å². The monoisotopic (exact) mass is 347 g/mol. The van der Waals surface area contributed by atoms with E-state index in [1.165, 1.54) is 6.92 Å². The van der Waals surface area contributed by atoms with E-state index < -0.39 is 24.8 Å². The smallest absolute Gasteiger partial charge is 0.411 e. The van der Waals surface area contributed by atoms with E-state index in [1.807, 2.05) is 6.92 Å². The lowest BCUT2D eigenvalue weighted by molar-refractivity contribution is -0.184. The first-order valence-electron chi connectivity index (χ1n) is 7.65. The third-order valence-corrected chi connectivity index (χ3v) is 3.42. The average molecular weight is 347 g/mol. The molecule has 0 saturated carbocycles. The van der Waals surface area contributed by atoms with E-state index in [2.05, 4.69) is 10.1 Å². The molecule has 0 radical (unpaired) electrons. The molecule has 0 aliphatic carbocycles. The van der Waals surface area contributed by atoms with Crippen LogP contribution in [0.4, 0.5) is 18.9 Å². The molecule has 8 heteroatoms. The largest absolute Gasteiger partial charge is 0.492 e. The Kier molecular flexibility index (Phi) is 5.58. The first kappa shape index (κ1) is 18.4. The Balaban J connectivity index is 2.10. The SMILES string of the molecule is CCOc1cc2c(cc1NC(=O)[C@@H](C)OCC(F)(F)F)O[C@@H](C)C2. The highest BCUT2D eigenvalue weighted by molar-refractivity contribution is 5.95. The molecule has 0 bridgehead atoms. The third-order valence-electron chi connectivity index (χ3n) is 3.42. The second kappa shape index (κ2) is 7.29. The lowest BCUT2D eigenvalue weighted by atomic mass is 10.1. The number of ether oxygens (including phenoxy) is 3. The van der Waals surface area contributed by atoms with Crippen LogP contribution in [0.3, 0.4) is 0 Å². The molecule has 1 aliphatic heterocycles. The van der Waals surface area contributed by atoms with Crippen LogP contribution in [0.25, 0.3) is 0 Å². The first-order valence-corrected chi connectivity index (χ1v) is 7.65. The first-order chi connectivity index (χ1) is 11.2. The molecule has 0 aromatic heterocycles. The maximum Gasteiger partial charge on any atom is 0.411 e. The zero-order chi connectivity index (χ0) is 17.9. The molecule has 1 aromatic carbocycles. The zero-order valence-electron chi connectivity index (χ0n) is 13.7. The molecular weight excluding hydrogens is 327 g/mol. The molecule has 24 heavy (non-hydrogen) atoms. The van der Waals surface area contributed by atoms with Crippen LogP contribution in [0.1, 0.15) is 26.3 Å². The van der Waals surface area contributed by atoms with E-state index in [4.69, 9.17) is 9.47 Å². The maximum absolute atomic E-state index is 12.2. The summed E-state index contributed by atoms with van der Waals surface area (Å²) in [5.41, 5.74) is 1.31. The standard InChI is InChI=1S/C16H20F3NO4/c1-4-22-14-6-11-5-9(2)24-13(11)7-12(14)20-15(21)10(3)23-8-16(17,18)19/h6-7,9-10H,4-5,8H2,1-3H3,(H,20,21)/t9-,10+/m0/s1.